The third-order valence-corrected chi connectivity index (χ3v) is 12.0. The summed E-state index contributed by atoms with van der Waals surface area (Å²) in [7, 11) is 0. The van der Waals surface area contributed by atoms with Crippen molar-refractivity contribution in [1.29, 1.82) is 0 Å². The largest absolute Gasteiger partial charge is 0.379 e. The first-order valence-electron chi connectivity index (χ1n) is 23.2. The fraction of sp³-hybridized carbons (Fsp3) is 0.750. The summed E-state index contributed by atoms with van der Waals surface area (Å²) in [6, 6.07) is 21.0. The molecule has 6 aliphatic heterocycles. The molecule has 6 fully saturated rings. The van der Waals surface area contributed by atoms with Crippen LogP contribution in [-0.4, -0.2) is 164 Å². The molecule has 6 saturated heterocycles. The Morgan fingerprint density at radius 1 is 0.379 bits per heavy atom. The number of ether oxygens (including phenoxy) is 6. The molecule has 4 bridgehead atoms. The summed E-state index contributed by atoms with van der Waals surface area (Å²) >= 11 is 0. The maximum Gasteiger partial charge on any atom is 0.0716 e. The molecular formula is C48H80N4O6. The maximum absolute atomic E-state index is 6.38. The van der Waals surface area contributed by atoms with Crippen LogP contribution in [0.2, 0.25) is 0 Å². The molecule has 328 valence electrons. The SMILES string of the molecule is c1ccc(COCCCCCCC2CN3CCOCCN(CCOCC3)CC(CCCCCCOCc3ccccc3)CN3CCOCCN(CCOCC3)C2)cc1. The number of benzene rings is 2. The zero-order valence-electron chi connectivity index (χ0n) is 36.2. The number of hydrogen-bond donors (Lipinski definition) is 0. The van der Waals surface area contributed by atoms with Crippen molar-refractivity contribution in [3.05, 3.63) is 71.8 Å². The van der Waals surface area contributed by atoms with E-state index in [1.54, 1.807) is 0 Å². The van der Waals surface area contributed by atoms with Gasteiger partial charge in [0.1, 0.15) is 0 Å². The van der Waals surface area contributed by atoms with Crippen molar-refractivity contribution >= 4 is 0 Å². The second-order valence-electron chi connectivity index (χ2n) is 16.9. The van der Waals surface area contributed by atoms with Crippen molar-refractivity contribution in [1.82, 2.24) is 19.6 Å². The van der Waals surface area contributed by atoms with Gasteiger partial charge in [0.2, 0.25) is 0 Å². The molecule has 0 N–H and O–H groups in total. The average molecular weight is 809 g/mol. The van der Waals surface area contributed by atoms with E-state index in [4.69, 9.17) is 28.4 Å². The molecule has 0 aliphatic carbocycles. The first-order valence-corrected chi connectivity index (χ1v) is 23.2. The molecule has 0 radical (unpaired) electrons. The summed E-state index contributed by atoms with van der Waals surface area (Å²) in [5, 5.41) is 0. The van der Waals surface area contributed by atoms with E-state index in [1.165, 1.54) is 62.5 Å². The number of unbranched alkanes of at least 4 members (excludes halogenated alkanes) is 6. The molecule has 6 aliphatic rings. The van der Waals surface area contributed by atoms with Gasteiger partial charge in [-0.25, -0.2) is 0 Å². The molecule has 10 nitrogen and oxygen atoms in total. The van der Waals surface area contributed by atoms with Crippen LogP contribution in [0.3, 0.4) is 0 Å². The van der Waals surface area contributed by atoms with Gasteiger partial charge in [-0.1, -0.05) is 99.2 Å². The van der Waals surface area contributed by atoms with Crippen molar-refractivity contribution < 1.29 is 28.4 Å². The Balaban J connectivity index is 1.11. The maximum atomic E-state index is 6.38. The zero-order valence-corrected chi connectivity index (χ0v) is 36.2. The molecule has 6 heterocycles. The molecule has 0 spiro atoms. The summed E-state index contributed by atoms with van der Waals surface area (Å²) in [6.07, 6.45) is 12.2. The molecule has 58 heavy (non-hydrogen) atoms. The van der Waals surface area contributed by atoms with Crippen LogP contribution < -0.4 is 0 Å². The highest BCUT2D eigenvalue weighted by Crippen LogP contribution is 2.18. The summed E-state index contributed by atoms with van der Waals surface area (Å²) in [6.45, 7) is 21.3. The van der Waals surface area contributed by atoms with Crippen LogP contribution in [-0.2, 0) is 41.6 Å². The van der Waals surface area contributed by atoms with E-state index < -0.39 is 0 Å². The lowest BCUT2D eigenvalue weighted by atomic mass is 9.98. The quantitative estimate of drug-likeness (QED) is 0.149. The van der Waals surface area contributed by atoms with Gasteiger partial charge in [0.25, 0.3) is 0 Å². The van der Waals surface area contributed by atoms with Gasteiger partial charge in [0, 0.05) is 91.8 Å². The fourth-order valence-electron chi connectivity index (χ4n) is 8.59. The van der Waals surface area contributed by atoms with Gasteiger partial charge in [-0.3, -0.25) is 19.6 Å². The highest BCUT2D eigenvalue weighted by molar-refractivity contribution is 5.14. The summed E-state index contributed by atoms with van der Waals surface area (Å²) in [4.78, 5) is 10.5. The predicted octanol–water partition coefficient (Wildman–Crippen LogP) is 6.87. The Hall–Kier alpha value is -1.96. The van der Waals surface area contributed by atoms with E-state index in [-0.39, 0.29) is 0 Å². The number of hydrogen-bond acceptors (Lipinski definition) is 10. The minimum absolute atomic E-state index is 0.580. The molecule has 0 atom stereocenters. The van der Waals surface area contributed by atoms with Gasteiger partial charge in [-0.15, -0.1) is 0 Å². The van der Waals surface area contributed by atoms with E-state index >= 15 is 0 Å². The lowest BCUT2D eigenvalue weighted by Gasteiger charge is -2.34. The van der Waals surface area contributed by atoms with Gasteiger partial charge in [-0.05, 0) is 48.6 Å². The van der Waals surface area contributed by atoms with E-state index in [0.29, 0.717) is 25.0 Å². The van der Waals surface area contributed by atoms with Crippen LogP contribution in [0.5, 0.6) is 0 Å². The summed E-state index contributed by atoms with van der Waals surface area (Å²) < 4.78 is 37.4. The molecule has 10 heteroatoms. The van der Waals surface area contributed by atoms with Crippen LogP contribution >= 0.6 is 0 Å². The van der Waals surface area contributed by atoms with Crippen LogP contribution in [0, 0.1) is 11.8 Å². The molecule has 8 rings (SSSR count). The van der Waals surface area contributed by atoms with Crippen molar-refractivity contribution in [2.75, 3.05) is 145 Å². The Kier molecular flexibility index (Phi) is 25.1. The van der Waals surface area contributed by atoms with Crippen molar-refractivity contribution in [3.8, 4) is 0 Å². The second kappa shape index (κ2) is 31.0. The smallest absolute Gasteiger partial charge is 0.0716 e. The van der Waals surface area contributed by atoms with Crippen LogP contribution in [0.15, 0.2) is 60.7 Å². The lowest BCUT2D eigenvalue weighted by molar-refractivity contribution is 0.0110. The summed E-state index contributed by atoms with van der Waals surface area (Å²) in [5.41, 5.74) is 2.50. The second-order valence-corrected chi connectivity index (χ2v) is 16.9. The molecule has 0 saturated carbocycles. The monoisotopic (exact) mass is 809 g/mol. The van der Waals surface area contributed by atoms with E-state index in [9.17, 15) is 0 Å². The standard InChI is InChI=1S/C48H80N4O6/c1(3-13-29-57-43-45-15-9-5-10-16-45)7-19-47-39-49-21-31-53-35-25-51(26-36-54-32-22-49)41-48(20-8-2-4-14-30-58-44-46-17-11-6-12-18-46)42-52-27-37-55-33-23-50(40-47)24-34-56-38-28-52/h5-6,9-12,15-18,47-48H,1-4,7-8,13-14,19-44H2. The Morgan fingerprint density at radius 3 is 0.983 bits per heavy atom. The highest BCUT2D eigenvalue weighted by Gasteiger charge is 2.22. The van der Waals surface area contributed by atoms with Gasteiger partial charge in [-0.2, -0.15) is 0 Å². The molecular weight excluding hydrogens is 729 g/mol. The van der Waals surface area contributed by atoms with Crippen LogP contribution in [0.1, 0.15) is 75.3 Å². The molecule has 2 aromatic rings. The predicted molar refractivity (Wildman–Crippen MR) is 234 cm³/mol. The van der Waals surface area contributed by atoms with Gasteiger partial charge < -0.3 is 28.4 Å². The van der Waals surface area contributed by atoms with Crippen molar-refractivity contribution in [3.63, 3.8) is 0 Å². The Morgan fingerprint density at radius 2 is 0.672 bits per heavy atom. The van der Waals surface area contributed by atoms with Crippen LogP contribution in [0.4, 0.5) is 0 Å². The lowest BCUT2D eigenvalue weighted by Crippen LogP contribution is -2.44. The van der Waals surface area contributed by atoms with E-state index in [1.807, 2.05) is 0 Å². The topological polar surface area (TPSA) is 68.3 Å². The third kappa shape index (κ3) is 21.5. The van der Waals surface area contributed by atoms with Crippen LogP contribution in [0.25, 0.3) is 0 Å². The molecule has 0 aromatic heterocycles. The Labute approximate surface area is 352 Å². The molecule has 2 aromatic carbocycles. The van der Waals surface area contributed by atoms with E-state index in [0.717, 1.165) is 157 Å². The minimum atomic E-state index is 0.580. The van der Waals surface area contributed by atoms with Gasteiger partial charge in [0.05, 0.1) is 66.1 Å². The average Bonchev–Trinajstić information content (AvgIpc) is 3.23. The van der Waals surface area contributed by atoms with Gasteiger partial charge in [0.15, 0.2) is 0 Å². The fourth-order valence-corrected chi connectivity index (χ4v) is 8.59. The third-order valence-electron chi connectivity index (χ3n) is 12.0. The summed E-state index contributed by atoms with van der Waals surface area (Å²) in [5.74, 6) is 1.16. The van der Waals surface area contributed by atoms with Crippen molar-refractivity contribution in [2.24, 2.45) is 11.8 Å². The molecule has 0 unspecified atom stereocenters. The number of rotatable bonds is 18. The molecule has 0 amide bonds. The minimum Gasteiger partial charge on any atom is -0.379 e. The first-order chi connectivity index (χ1) is 28.8. The Bertz CT molecular complexity index is 1090. The highest BCUT2D eigenvalue weighted by atomic mass is 16.5. The number of nitrogens with zero attached hydrogens (tertiary/aromatic N) is 4. The first kappa shape index (κ1) is 47.1. The van der Waals surface area contributed by atoms with Gasteiger partial charge >= 0.3 is 0 Å². The normalized spacial score (nSPS) is 26.4. The van der Waals surface area contributed by atoms with E-state index in [2.05, 4.69) is 80.3 Å². The van der Waals surface area contributed by atoms with Crippen molar-refractivity contribution in [2.45, 2.75) is 77.4 Å². The zero-order chi connectivity index (χ0) is 40.0.